The summed E-state index contributed by atoms with van der Waals surface area (Å²) in [5.74, 6) is -3.35. The Kier molecular flexibility index (Phi) is 4.96. The highest BCUT2D eigenvalue weighted by Crippen LogP contribution is 2.49. The second-order valence-electron chi connectivity index (χ2n) is 8.33. The molecule has 0 amide bonds. The predicted molar refractivity (Wildman–Crippen MR) is 117 cm³/mol. The number of hydrogen-bond donors (Lipinski definition) is 3. The van der Waals surface area contributed by atoms with E-state index in [2.05, 4.69) is 0 Å². The van der Waals surface area contributed by atoms with Crippen molar-refractivity contribution in [2.75, 3.05) is 19.0 Å². The first-order valence-corrected chi connectivity index (χ1v) is 10.1. The van der Waals surface area contributed by atoms with E-state index in [9.17, 15) is 29.7 Å². The Labute approximate surface area is 184 Å². The molecule has 8 heteroatoms. The summed E-state index contributed by atoms with van der Waals surface area (Å²) < 4.78 is 5.30. The lowest BCUT2D eigenvalue weighted by atomic mass is 9.70. The molecule has 2 aliphatic carbocycles. The van der Waals surface area contributed by atoms with Crippen molar-refractivity contribution in [3.8, 4) is 17.2 Å². The molecule has 0 aliphatic heterocycles. The van der Waals surface area contributed by atoms with Crippen LogP contribution < -0.4 is 9.64 Å². The third-order valence-corrected chi connectivity index (χ3v) is 5.99. The average molecular weight is 437 g/mol. The first-order valence-electron chi connectivity index (χ1n) is 10.1. The summed E-state index contributed by atoms with van der Waals surface area (Å²) in [5, 5.41) is 32.1. The van der Waals surface area contributed by atoms with Gasteiger partial charge in [-0.25, -0.2) is 0 Å². The fourth-order valence-electron chi connectivity index (χ4n) is 4.75. The number of esters is 1. The van der Waals surface area contributed by atoms with Crippen LogP contribution in [0, 0.1) is 5.92 Å². The summed E-state index contributed by atoms with van der Waals surface area (Å²) >= 11 is 0. The van der Waals surface area contributed by atoms with Gasteiger partial charge >= 0.3 is 5.97 Å². The highest BCUT2D eigenvalue weighted by atomic mass is 16.5. The molecular formula is C24H23NO7. The van der Waals surface area contributed by atoms with E-state index in [1.54, 1.807) is 12.1 Å². The van der Waals surface area contributed by atoms with Crippen LogP contribution >= 0.6 is 0 Å². The number of ketones is 2. The highest BCUT2D eigenvalue weighted by molar-refractivity contribution is 6.18. The summed E-state index contributed by atoms with van der Waals surface area (Å²) in [6.07, 6.45) is 0.641. The van der Waals surface area contributed by atoms with E-state index in [0.717, 1.165) is 11.3 Å². The van der Waals surface area contributed by atoms with E-state index >= 15 is 0 Å². The molecule has 166 valence electrons. The summed E-state index contributed by atoms with van der Waals surface area (Å²) in [6.45, 7) is 2.43. The van der Waals surface area contributed by atoms with Crippen LogP contribution in [0.5, 0.6) is 17.2 Å². The summed E-state index contributed by atoms with van der Waals surface area (Å²) in [5.41, 5.74) is 1.85. The van der Waals surface area contributed by atoms with Gasteiger partial charge in [0, 0.05) is 32.3 Å². The van der Waals surface area contributed by atoms with E-state index in [-0.39, 0.29) is 45.9 Å². The van der Waals surface area contributed by atoms with Crippen LogP contribution in [-0.2, 0) is 17.6 Å². The number of fused-ring (bicyclic) bond motifs is 3. The molecule has 8 nitrogen and oxygen atoms in total. The van der Waals surface area contributed by atoms with Crippen molar-refractivity contribution in [1.29, 1.82) is 0 Å². The van der Waals surface area contributed by atoms with Crippen LogP contribution in [0.25, 0.3) is 5.76 Å². The predicted octanol–water partition coefficient (Wildman–Crippen LogP) is 3.17. The Morgan fingerprint density at radius 2 is 1.75 bits per heavy atom. The average Bonchev–Trinajstić information content (AvgIpc) is 2.66. The third-order valence-electron chi connectivity index (χ3n) is 5.99. The zero-order valence-electron chi connectivity index (χ0n) is 18.1. The topological polar surface area (TPSA) is 124 Å². The van der Waals surface area contributed by atoms with Gasteiger partial charge in [-0.3, -0.25) is 14.4 Å². The molecule has 0 saturated carbocycles. The number of aliphatic hydroxyl groups excluding tert-OH is 1. The Bertz CT molecular complexity index is 1240. The zero-order valence-corrected chi connectivity index (χ0v) is 18.1. The van der Waals surface area contributed by atoms with E-state index < -0.39 is 29.2 Å². The number of aliphatic hydroxyl groups is 1. The lowest BCUT2D eigenvalue weighted by molar-refractivity contribution is -0.131. The standard InChI is InChI=1S/C24H23NO7/c1-10(26)18-16(28)9-13-7-12-8-14-15(25(3)4)5-6-17(32-11(2)27)21(14)24(31)19(12)23(30)20(13)22(18)29/h5-6,9,12,28-29,31H,7-8H2,1-4H3. The van der Waals surface area contributed by atoms with Gasteiger partial charge in [0.05, 0.1) is 11.1 Å². The molecule has 0 bridgehead atoms. The SMILES string of the molecule is CC(=O)Oc1ccc(N(C)C)c2c1C(O)=C1C(=O)c3c(cc(O)c(C(C)=O)c3O)CC1C2. The number of rotatable bonds is 3. The minimum Gasteiger partial charge on any atom is -0.507 e. The van der Waals surface area contributed by atoms with E-state index in [1.807, 2.05) is 19.0 Å². The molecule has 1 unspecified atom stereocenters. The van der Waals surface area contributed by atoms with Crippen molar-refractivity contribution in [2.45, 2.75) is 26.7 Å². The monoisotopic (exact) mass is 437 g/mol. The lowest BCUT2D eigenvalue weighted by Gasteiger charge is -2.34. The number of anilines is 1. The maximum absolute atomic E-state index is 13.4. The van der Waals surface area contributed by atoms with Crippen molar-refractivity contribution in [3.05, 3.63) is 51.6 Å². The molecule has 0 heterocycles. The fraction of sp³-hybridized carbons (Fsp3) is 0.292. The van der Waals surface area contributed by atoms with E-state index in [0.29, 0.717) is 12.0 Å². The molecule has 2 aromatic rings. The number of phenols is 2. The highest BCUT2D eigenvalue weighted by Gasteiger charge is 2.42. The molecule has 32 heavy (non-hydrogen) atoms. The summed E-state index contributed by atoms with van der Waals surface area (Å²) in [6, 6.07) is 4.68. The molecule has 0 fully saturated rings. The second-order valence-corrected chi connectivity index (χ2v) is 8.33. The molecule has 4 rings (SSSR count). The summed E-state index contributed by atoms with van der Waals surface area (Å²) in [7, 11) is 3.69. The van der Waals surface area contributed by atoms with E-state index in [1.165, 1.54) is 19.9 Å². The number of allylic oxidation sites excluding steroid dienone is 1. The Morgan fingerprint density at radius 3 is 2.34 bits per heavy atom. The molecule has 0 spiro atoms. The van der Waals surface area contributed by atoms with Gasteiger partial charge in [0.25, 0.3) is 0 Å². The van der Waals surface area contributed by atoms with Crippen molar-refractivity contribution < 1.29 is 34.4 Å². The Balaban J connectivity index is 1.98. The molecule has 0 saturated heterocycles. The van der Waals surface area contributed by atoms with Gasteiger partial charge in [0.1, 0.15) is 28.6 Å². The minimum absolute atomic E-state index is 0.0878. The third kappa shape index (κ3) is 3.10. The van der Waals surface area contributed by atoms with Crippen LogP contribution in [0.3, 0.4) is 0 Å². The van der Waals surface area contributed by atoms with Crippen LogP contribution in [0.1, 0.15) is 51.3 Å². The van der Waals surface area contributed by atoms with Crippen molar-refractivity contribution in [3.63, 3.8) is 0 Å². The van der Waals surface area contributed by atoms with Crippen LogP contribution in [0.4, 0.5) is 5.69 Å². The van der Waals surface area contributed by atoms with Gasteiger partial charge < -0.3 is 25.0 Å². The minimum atomic E-state index is -0.622. The van der Waals surface area contributed by atoms with Crippen molar-refractivity contribution >= 4 is 29.0 Å². The Morgan fingerprint density at radius 1 is 1.06 bits per heavy atom. The van der Waals surface area contributed by atoms with Crippen molar-refractivity contribution in [1.82, 2.24) is 0 Å². The first kappa shape index (κ1) is 21.4. The maximum atomic E-state index is 13.4. The van der Waals surface area contributed by atoms with Gasteiger partial charge in [-0.05, 0) is 55.0 Å². The molecule has 2 aliphatic rings. The number of nitrogens with zero attached hydrogens (tertiary/aromatic N) is 1. The number of ether oxygens (including phenoxy) is 1. The van der Waals surface area contributed by atoms with Crippen LogP contribution in [-0.4, -0.2) is 47.0 Å². The van der Waals surface area contributed by atoms with Crippen LogP contribution in [0.15, 0.2) is 23.8 Å². The molecule has 0 radical (unpaired) electrons. The van der Waals surface area contributed by atoms with Crippen molar-refractivity contribution in [2.24, 2.45) is 5.92 Å². The fourth-order valence-corrected chi connectivity index (χ4v) is 4.75. The van der Waals surface area contributed by atoms with Gasteiger partial charge in [-0.2, -0.15) is 0 Å². The molecule has 0 aromatic heterocycles. The smallest absolute Gasteiger partial charge is 0.308 e. The number of benzene rings is 2. The lowest BCUT2D eigenvalue weighted by Crippen LogP contribution is -2.31. The Hall–Kier alpha value is -3.81. The number of carbonyl (C=O) groups excluding carboxylic acids is 3. The van der Waals surface area contributed by atoms with Gasteiger partial charge in [-0.1, -0.05) is 0 Å². The normalized spacial score (nSPS) is 16.8. The van der Waals surface area contributed by atoms with Gasteiger partial charge in [0.2, 0.25) is 0 Å². The largest absolute Gasteiger partial charge is 0.507 e. The molecule has 3 N–H and O–H groups in total. The number of aromatic hydroxyl groups is 2. The number of carbonyl (C=O) groups is 3. The number of phenolic OH excluding ortho intramolecular Hbond substituents is 2. The quantitative estimate of drug-likeness (QED) is 0.380. The van der Waals surface area contributed by atoms with Gasteiger partial charge in [0.15, 0.2) is 11.6 Å². The molecule has 1 atom stereocenters. The first-order chi connectivity index (χ1) is 15.0. The molecule has 2 aromatic carbocycles. The number of hydrogen-bond acceptors (Lipinski definition) is 8. The number of Topliss-reactive ketones (excluding diaryl/α,β-unsaturated/α-hetero) is 2. The second kappa shape index (κ2) is 7.40. The zero-order chi connectivity index (χ0) is 23.5. The molecular weight excluding hydrogens is 414 g/mol. The van der Waals surface area contributed by atoms with Gasteiger partial charge in [-0.15, -0.1) is 0 Å². The maximum Gasteiger partial charge on any atom is 0.308 e. The summed E-state index contributed by atoms with van der Waals surface area (Å²) in [4.78, 5) is 38.8. The van der Waals surface area contributed by atoms with Crippen LogP contribution in [0.2, 0.25) is 0 Å². The van der Waals surface area contributed by atoms with E-state index in [4.69, 9.17) is 4.74 Å².